The van der Waals surface area contributed by atoms with Crippen LogP contribution < -0.4 is 10.3 Å². The monoisotopic (exact) mass is 511 g/mol. The topological polar surface area (TPSA) is 99.9 Å². The highest BCUT2D eigenvalue weighted by molar-refractivity contribution is 7.89. The molecule has 1 aliphatic rings. The lowest BCUT2D eigenvalue weighted by molar-refractivity contribution is 0.0694. The standard InChI is InChI=1S/C22H20ClF2N3O5S/c1-2-26-12-16(22(30)31)21(29)15-11-17(24)20(18(25)19(15)26)27-7-9-28(10-8-27)34(32,33)14-5-3-13(23)4-6-14/h3-6,11-12H,2,7-10H2,1H3,(H,30,31). The van der Waals surface area contributed by atoms with Gasteiger partial charge in [0.1, 0.15) is 17.1 Å². The zero-order chi connectivity index (χ0) is 24.8. The van der Waals surface area contributed by atoms with Crippen LogP contribution in [0.3, 0.4) is 0 Å². The summed E-state index contributed by atoms with van der Waals surface area (Å²) in [4.78, 5) is 25.3. The molecule has 1 N–H and O–H groups in total. The summed E-state index contributed by atoms with van der Waals surface area (Å²) in [6.07, 6.45) is 1.04. The van der Waals surface area contributed by atoms with Gasteiger partial charge in [0.2, 0.25) is 15.5 Å². The maximum atomic E-state index is 15.6. The summed E-state index contributed by atoms with van der Waals surface area (Å²) in [5.41, 5.74) is -2.15. The number of hydrogen-bond acceptors (Lipinski definition) is 5. The van der Waals surface area contributed by atoms with E-state index in [1.165, 1.54) is 38.0 Å². The van der Waals surface area contributed by atoms with E-state index in [-0.39, 0.29) is 54.2 Å². The quantitative estimate of drug-likeness (QED) is 0.565. The van der Waals surface area contributed by atoms with Crippen LogP contribution in [0.5, 0.6) is 0 Å². The fourth-order valence-corrected chi connectivity index (χ4v) is 5.62. The number of pyridine rings is 1. The first-order chi connectivity index (χ1) is 16.1. The molecule has 0 bridgehead atoms. The fourth-order valence-electron chi connectivity index (χ4n) is 4.08. The Morgan fingerprint density at radius 2 is 1.74 bits per heavy atom. The average Bonchev–Trinajstić information content (AvgIpc) is 2.80. The summed E-state index contributed by atoms with van der Waals surface area (Å²) in [6, 6.07) is 6.55. The van der Waals surface area contributed by atoms with Gasteiger partial charge in [-0.15, -0.1) is 0 Å². The van der Waals surface area contributed by atoms with Crippen molar-refractivity contribution in [3.8, 4) is 0 Å². The normalized spacial score (nSPS) is 15.1. The number of piperazine rings is 1. The van der Waals surface area contributed by atoms with Gasteiger partial charge in [-0.25, -0.2) is 22.0 Å². The minimum Gasteiger partial charge on any atom is -0.477 e. The van der Waals surface area contributed by atoms with E-state index >= 15 is 8.78 Å². The van der Waals surface area contributed by atoms with Gasteiger partial charge in [0, 0.05) is 43.9 Å². The van der Waals surface area contributed by atoms with Crippen LogP contribution in [-0.4, -0.2) is 54.5 Å². The van der Waals surface area contributed by atoms with Gasteiger partial charge in [0.25, 0.3) is 0 Å². The van der Waals surface area contributed by atoms with Crippen LogP contribution in [0.25, 0.3) is 10.9 Å². The highest BCUT2D eigenvalue weighted by Crippen LogP contribution is 2.31. The van der Waals surface area contributed by atoms with E-state index in [1.807, 2.05) is 0 Å². The lowest BCUT2D eigenvalue weighted by atomic mass is 10.1. The van der Waals surface area contributed by atoms with Crippen molar-refractivity contribution >= 4 is 44.2 Å². The first-order valence-electron chi connectivity index (χ1n) is 10.3. The van der Waals surface area contributed by atoms with E-state index < -0.39 is 38.6 Å². The average molecular weight is 512 g/mol. The van der Waals surface area contributed by atoms with Crippen LogP contribution in [-0.2, 0) is 16.6 Å². The van der Waals surface area contributed by atoms with Crippen molar-refractivity contribution in [3.05, 3.63) is 69.0 Å². The SMILES string of the molecule is CCn1cc(C(=O)O)c(=O)c2cc(F)c(N3CCN(S(=O)(=O)c4ccc(Cl)cc4)CC3)c(F)c21. The summed E-state index contributed by atoms with van der Waals surface area (Å²) >= 11 is 5.82. The number of aromatic carboxylic acids is 1. The van der Waals surface area contributed by atoms with E-state index in [1.54, 1.807) is 6.92 Å². The van der Waals surface area contributed by atoms with Crippen molar-refractivity contribution in [2.75, 3.05) is 31.1 Å². The predicted molar refractivity (Wildman–Crippen MR) is 123 cm³/mol. The molecule has 1 aromatic heterocycles. The molecule has 0 unspecified atom stereocenters. The molecule has 0 spiro atoms. The number of benzene rings is 2. The molecule has 3 aromatic rings. The van der Waals surface area contributed by atoms with Crippen molar-refractivity contribution in [1.29, 1.82) is 0 Å². The molecule has 1 saturated heterocycles. The lowest BCUT2D eigenvalue weighted by Gasteiger charge is -2.35. The minimum atomic E-state index is -3.81. The van der Waals surface area contributed by atoms with Gasteiger partial charge in [0.05, 0.1) is 15.8 Å². The molecule has 0 atom stereocenters. The molecule has 8 nitrogen and oxygen atoms in total. The van der Waals surface area contributed by atoms with Crippen LogP contribution in [0.2, 0.25) is 5.02 Å². The van der Waals surface area contributed by atoms with E-state index in [4.69, 9.17) is 11.6 Å². The van der Waals surface area contributed by atoms with Crippen molar-refractivity contribution in [1.82, 2.24) is 8.87 Å². The van der Waals surface area contributed by atoms with Gasteiger partial charge in [-0.05, 0) is 37.3 Å². The number of carboxylic acids is 1. The van der Waals surface area contributed by atoms with Crippen molar-refractivity contribution in [3.63, 3.8) is 0 Å². The van der Waals surface area contributed by atoms with Gasteiger partial charge < -0.3 is 14.6 Å². The third-order valence-corrected chi connectivity index (χ3v) is 7.97. The molecular formula is C22H20ClF2N3O5S. The number of sulfonamides is 1. The van der Waals surface area contributed by atoms with Crippen molar-refractivity contribution in [2.24, 2.45) is 0 Å². The summed E-state index contributed by atoms with van der Waals surface area (Å²) < 4.78 is 58.9. The van der Waals surface area contributed by atoms with Gasteiger partial charge >= 0.3 is 5.97 Å². The predicted octanol–water partition coefficient (Wildman–Crippen LogP) is 3.16. The van der Waals surface area contributed by atoms with Crippen LogP contribution in [0.1, 0.15) is 17.3 Å². The molecule has 34 heavy (non-hydrogen) atoms. The van der Waals surface area contributed by atoms with E-state index in [9.17, 15) is 23.1 Å². The van der Waals surface area contributed by atoms with Crippen LogP contribution in [0.4, 0.5) is 14.5 Å². The number of anilines is 1. The third-order valence-electron chi connectivity index (χ3n) is 5.81. The van der Waals surface area contributed by atoms with Gasteiger partial charge in [-0.1, -0.05) is 11.6 Å². The van der Waals surface area contributed by atoms with Crippen molar-refractivity contribution in [2.45, 2.75) is 18.4 Å². The summed E-state index contributed by atoms with van der Waals surface area (Å²) in [6.45, 7) is 1.77. The number of fused-ring (bicyclic) bond motifs is 1. The second kappa shape index (κ2) is 8.97. The number of hydrogen-bond donors (Lipinski definition) is 1. The fraction of sp³-hybridized carbons (Fsp3) is 0.273. The molecule has 1 fully saturated rings. The molecule has 0 amide bonds. The highest BCUT2D eigenvalue weighted by atomic mass is 35.5. The number of aromatic nitrogens is 1. The molecule has 1 aliphatic heterocycles. The Labute approximate surface area is 198 Å². The lowest BCUT2D eigenvalue weighted by Crippen LogP contribution is -2.49. The van der Waals surface area contributed by atoms with E-state index in [0.29, 0.717) is 5.02 Å². The zero-order valence-corrected chi connectivity index (χ0v) is 19.5. The Balaban J connectivity index is 1.69. The molecular weight excluding hydrogens is 492 g/mol. The molecule has 0 aliphatic carbocycles. The number of carbonyl (C=O) groups is 1. The maximum absolute atomic E-state index is 15.6. The minimum absolute atomic E-state index is 0.00966. The number of rotatable bonds is 5. The molecule has 180 valence electrons. The van der Waals surface area contributed by atoms with Crippen LogP contribution in [0, 0.1) is 11.6 Å². The first kappa shape index (κ1) is 24.1. The van der Waals surface area contributed by atoms with Crippen molar-refractivity contribution < 1.29 is 27.1 Å². The number of halogens is 3. The molecule has 2 aromatic carbocycles. The Morgan fingerprint density at radius 3 is 2.29 bits per heavy atom. The molecule has 0 radical (unpaired) electrons. The van der Waals surface area contributed by atoms with Crippen LogP contribution >= 0.6 is 11.6 Å². The van der Waals surface area contributed by atoms with Gasteiger partial charge in [-0.3, -0.25) is 4.79 Å². The number of nitrogens with zero attached hydrogens (tertiary/aromatic N) is 3. The summed E-state index contributed by atoms with van der Waals surface area (Å²) in [7, 11) is -3.81. The Morgan fingerprint density at radius 1 is 1.12 bits per heavy atom. The van der Waals surface area contributed by atoms with Gasteiger partial charge in [-0.2, -0.15) is 4.31 Å². The Kier molecular flexibility index (Phi) is 6.36. The summed E-state index contributed by atoms with van der Waals surface area (Å²) in [5.74, 6) is -3.52. The first-order valence-corrected chi connectivity index (χ1v) is 12.2. The highest BCUT2D eigenvalue weighted by Gasteiger charge is 2.31. The number of aryl methyl sites for hydroxylation is 1. The number of carboxylic acid groups (broad SMARTS) is 1. The molecule has 4 rings (SSSR count). The maximum Gasteiger partial charge on any atom is 0.341 e. The largest absolute Gasteiger partial charge is 0.477 e. The smallest absolute Gasteiger partial charge is 0.341 e. The van der Waals surface area contributed by atoms with E-state index in [2.05, 4.69) is 0 Å². The second-order valence-electron chi connectivity index (χ2n) is 7.73. The van der Waals surface area contributed by atoms with Gasteiger partial charge in [0.15, 0.2) is 5.82 Å². The van der Waals surface area contributed by atoms with E-state index in [0.717, 1.165) is 12.3 Å². The summed E-state index contributed by atoms with van der Waals surface area (Å²) in [5, 5.41) is 9.28. The zero-order valence-electron chi connectivity index (χ0n) is 18.0. The Bertz CT molecular complexity index is 1450. The third kappa shape index (κ3) is 4.04. The molecule has 0 saturated carbocycles. The van der Waals surface area contributed by atoms with Crippen LogP contribution in [0.15, 0.2) is 46.2 Å². The Hall–Kier alpha value is -3.02. The second-order valence-corrected chi connectivity index (χ2v) is 10.1. The molecule has 2 heterocycles. The molecule has 12 heteroatoms.